The van der Waals surface area contributed by atoms with Crippen LogP contribution in [0.25, 0.3) is 0 Å². The van der Waals surface area contributed by atoms with Crippen molar-refractivity contribution in [2.75, 3.05) is 26.9 Å². The molecule has 0 bridgehead atoms. The van der Waals surface area contributed by atoms with Gasteiger partial charge in [0, 0.05) is 17.5 Å². The number of nitrogens with one attached hydrogen (secondary N) is 1. The first-order valence-electron chi connectivity index (χ1n) is 7.86. The molecule has 0 aliphatic carbocycles. The van der Waals surface area contributed by atoms with Crippen molar-refractivity contribution in [3.05, 3.63) is 69.5 Å². The molecule has 0 saturated heterocycles. The minimum Gasteiger partial charge on any atom is -0.350 e. The summed E-state index contributed by atoms with van der Waals surface area (Å²) in [6, 6.07) is 10.3. The highest BCUT2D eigenvalue weighted by Crippen LogP contribution is 2.25. The van der Waals surface area contributed by atoms with E-state index in [-0.39, 0.29) is 29.7 Å². The zero-order valence-corrected chi connectivity index (χ0v) is 15.5. The van der Waals surface area contributed by atoms with E-state index in [1.54, 1.807) is 18.2 Å². The molecule has 1 N–H and O–H groups in total. The summed E-state index contributed by atoms with van der Waals surface area (Å²) in [5.74, 6) is -0.846. The molecule has 26 heavy (non-hydrogen) atoms. The molecular formula is C18H20FN3O3S. The van der Waals surface area contributed by atoms with Gasteiger partial charge >= 0.3 is 0 Å². The first kappa shape index (κ1) is 19.9. The molecule has 0 fully saturated rings. The number of nitro benzene ring substituents is 1. The van der Waals surface area contributed by atoms with Crippen molar-refractivity contribution < 1.29 is 14.1 Å². The topological polar surface area (TPSA) is 75.5 Å². The quantitative estimate of drug-likeness (QED) is 0.454. The third-order valence-corrected chi connectivity index (χ3v) is 4.70. The smallest absolute Gasteiger partial charge is 0.282 e. The number of hydrogen-bond acceptors (Lipinski definition) is 5. The molecule has 138 valence electrons. The first-order valence-corrected chi connectivity index (χ1v) is 9.08. The maximum Gasteiger partial charge on any atom is 0.282 e. The molecule has 0 aromatic heterocycles. The van der Waals surface area contributed by atoms with Crippen LogP contribution in [0.15, 0.2) is 47.4 Å². The fourth-order valence-electron chi connectivity index (χ4n) is 2.55. The van der Waals surface area contributed by atoms with Gasteiger partial charge in [-0.05, 0) is 50.2 Å². The lowest BCUT2D eigenvalue weighted by molar-refractivity contribution is -0.385. The van der Waals surface area contributed by atoms with Crippen molar-refractivity contribution >= 4 is 23.4 Å². The van der Waals surface area contributed by atoms with Crippen LogP contribution >= 0.6 is 11.8 Å². The van der Waals surface area contributed by atoms with E-state index in [4.69, 9.17) is 0 Å². The second kappa shape index (κ2) is 8.77. The highest BCUT2D eigenvalue weighted by atomic mass is 32.2. The van der Waals surface area contributed by atoms with E-state index in [0.717, 1.165) is 10.5 Å². The highest BCUT2D eigenvalue weighted by molar-refractivity contribution is 7.98. The van der Waals surface area contributed by atoms with Gasteiger partial charge in [-0.2, -0.15) is 0 Å². The summed E-state index contributed by atoms with van der Waals surface area (Å²) in [7, 11) is 3.69. The lowest BCUT2D eigenvalue weighted by atomic mass is 10.1. The summed E-state index contributed by atoms with van der Waals surface area (Å²) in [4.78, 5) is 25.8. The normalized spacial score (nSPS) is 12.0. The molecule has 0 aliphatic rings. The number of halogens is 1. The second-order valence-corrected chi connectivity index (χ2v) is 6.76. The zero-order valence-electron chi connectivity index (χ0n) is 14.7. The second-order valence-electron chi connectivity index (χ2n) is 5.88. The number of thioether (sulfide) groups is 1. The molecule has 0 heterocycles. The molecule has 6 nitrogen and oxygen atoms in total. The number of amides is 1. The van der Waals surface area contributed by atoms with Gasteiger partial charge in [0.2, 0.25) is 0 Å². The van der Waals surface area contributed by atoms with E-state index < -0.39 is 10.8 Å². The number of hydrogen-bond donors (Lipinski definition) is 1. The maximum absolute atomic E-state index is 13.1. The van der Waals surface area contributed by atoms with Gasteiger partial charge in [0.05, 0.1) is 11.0 Å². The molecule has 1 atom stereocenters. The third-order valence-electron chi connectivity index (χ3n) is 3.98. The number of nitrogens with zero attached hydrogens (tertiary/aromatic N) is 2. The van der Waals surface area contributed by atoms with Crippen LogP contribution in [0.3, 0.4) is 0 Å². The first-order chi connectivity index (χ1) is 12.3. The molecule has 0 spiro atoms. The Kier molecular flexibility index (Phi) is 6.70. The number of benzene rings is 2. The van der Waals surface area contributed by atoms with E-state index in [1.165, 1.54) is 36.0 Å². The van der Waals surface area contributed by atoms with E-state index in [1.807, 2.05) is 25.3 Å². The van der Waals surface area contributed by atoms with Crippen molar-refractivity contribution in [2.45, 2.75) is 10.9 Å². The zero-order chi connectivity index (χ0) is 19.3. The van der Waals surface area contributed by atoms with Crippen LogP contribution < -0.4 is 5.32 Å². The lowest BCUT2D eigenvalue weighted by Crippen LogP contribution is -2.34. The van der Waals surface area contributed by atoms with E-state index in [0.29, 0.717) is 0 Å². The number of likely N-dealkylation sites (N-methyl/N-ethyl adjacent to an activating group) is 1. The third kappa shape index (κ3) is 4.80. The van der Waals surface area contributed by atoms with Crippen LogP contribution in [0.5, 0.6) is 0 Å². The molecule has 1 amide bonds. The Balaban J connectivity index is 2.20. The lowest BCUT2D eigenvalue weighted by Gasteiger charge is -2.25. The Labute approximate surface area is 155 Å². The average Bonchev–Trinajstić information content (AvgIpc) is 2.62. The number of carbonyl (C=O) groups excluding carboxylic acids is 1. The van der Waals surface area contributed by atoms with Gasteiger partial charge in [-0.15, -0.1) is 11.8 Å². The predicted molar refractivity (Wildman–Crippen MR) is 100 cm³/mol. The van der Waals surface area contributed by atoms with Crippen LogP contribution in [0.1, 0.15) is 22.0 Å². The molecule has 1 unspecified atom stereocenters. The number of nitro groups is 1. The Morgan fingerprint density at radius 1 is 1.27 bits per heavy atom. The van der Waals surface area contributed by atoms with Gasteiger partial charge in [0.15, 0.2) is 0 Å². The molecule has 0 aliphatic heterocycles. The summed E-state index contributed by atoms with van der Waals surface area (Å²) in [6.07, 6.45) is 1.83. The standard InChI is InChI=1S/C18H20FN3O3S/c1-21(2)17(12-4-6-13(19)7-5-12)11-20-18(23)15-10-14(26-3)8-9-16(15)22(24)25/h4-10,17H,11H2,1-3H3,(H,20,23). The monoisotopic (exact) mass is 377 g/mol. The van der Waals surface area contributed by atoms with E-state index in [2.05, 4.69) is 5.32 Å². The summed E-state index contributed by atoms with van der Waals surface area (Å²) < 4.78 is 13.1. The minimum absolute atomic E-state index is 0.0264. The Hall–Kier alpha value is -2.45. The fraction of sp³-hybridized carbons (Fsp3) is 0.278. The summed E-state index contributed by atoms with van der Waals surface area (Å²) in [5.41, 5.74) is 0.631. The van der Waals surface area contributed by atoms with Crippen molar-refractivity contribution in [1.29, 1.82) is 0 Å². The Bertz CT molecular complexity index is 797. The predicted octanol–water partition coefficient (Wildman–Crippen LogP) is 3.49. The molecule has 2 rings (SSSR count). The van der Waals surface area contributed by atoms with Crippen LogP contribution in [-0.2, 0) is 0 Å². The summed E-state index contributed by atoms with van der Waals surface area (Å²) in [6.45, 7) is 0.234. The van der Waals surface area contributed by atoms with Gasteiger partial charge in [-0.3, -0.25) is 14.9 Å². The van der Waals surface area contributed by atoms with Crippen molar-refractivity contribution in [3.63, 3.8) is 0 Å². The highest BCUT2D eigenvalue weighted by Gasteiger charge is 2.22. The average molecular weight is 377 g/mol. The summed E-state index contributed by atoms with van der Waals surface area (Å²) >= 11 is 1.40. The SMILES string of the molecule is CSc1ccc([N+](=O)[O-])c(C(=O)NCC(c2ccc(F)cc2)N(C)C)c1. The van der Waals surface area contributed by atoms with Crippen LogP contribution in [0.4, 0.5) is 10.1 Å². The number of rotatable bonds is 7. The summed E-state index contributed by atoms with van der Waals surface area (Å²) in [5, 5.41) is 14.0. The van der Waals surface area contributed by atoms with Crippen LogP contribution in [0, 0.1) is 15.9 Å². The van der Waals surface area contributed by atoms with Crippen molar-refractivity contribution in [3.8, 4) is 0 Å². The van der Waals surface area contributed by atoms with Gasteiger partial charge in [0.1, 0.15) is 11.4 Å². The van der Waals surface area contributed by atoms with Gasteiger partial charge in [-0.25, -0.2) is 4.39 Å². The van der Waals surface area contributed by atoms with Gasteiger partial charge < -0.3 is 10.2 Å². The molecule has 0 radical (unpaired) electrons. The Morgan fingerprint density at radius 2 is 1.92 bits per heavy atom. The molecule has 8 heteroatoms. The molecular weight excluding hydrogens is 357 g/mol. The molecule has 0 saturated carbocycles. The fourth-order valence-corrected chi connectivity index (χ4v) is 2.99. The van der Waals surface area contributed by atoms with E-state index in [9.17, 15) is 19.3 Å². The number of carbonyl (C=O) groups is 1. The molecule has 2 aromatic carbocycles. The Morgan fingerprint density at radius 3 is 2.46 bits per heavy atom. The largest absolute Gasteiger partial charge is 0.350 e. The van der Waals surface area contributed by atoms with Gasteiger partial charge in [-0.1, -0.05) is 12.1 Å². The maximum atomic E-state index is 13.1. The van der Waals surface area contributed by atoms with Gasteiger partial charge in [0.25, 0.3) is 11.6 Å². The van der Waals surface area contributed by atoms with Crippen LogP contribution in [0.2, 0.25) is 0 Å². The van der Waals surface area contributed by atoms with Crippen LogP contribution in [-0.4, -0.2) is 42.6 Å². The van der Waals surface area contributed by atoms with E-state index >= 15 is 0 Å². The van der Waals surface area contributed by atoms with Crippen molar-refractivity contribution in [2.24, 2.45) is 0 Å². The van der Waals surface area contributed by atoms with Crippen molar-refractivity contribution in [1.82, 2.24) is 10.2 Å². The minimum atomic E-state index is -0.567. The molecule has 2 aromatic rings.